The predicted molar refractivity (Wildman–Crippen MR) is 189 cm³/mol. The number of fused-ring (bicyclic) bond motifs is 1. The van der Waals surface area contributed by atoms with E-state index in [0.717, 1.165) is 16.7 Å². The number of ketones is 1. The third-order valence-corrected chi connectivity index (χ3v) is 10.4. The SMILES string of the molecule is COc1ccc(CNC(=O)C(=O)[C@]2(C)CCCN2C(=O)CNC(=O)C2C[C@@H](CC(=O)N3Cc4cccc(Cn5cc(CO)nn5)c4C3)C(=O)N2)cc1OC. The largest absolute Gasteiger partial charge is 0.493 e. The second kappa shape index (κ2) is 16.0. The van der Waals surface area contributed by atoms with Crippen molar-refractivity contribution in [2.45, 2.75) is 77.0 Å². The lowest BCUT2D eigenvalue weighted by Gasteiger charge is -2.33. The fraction of sp³-hybridized carbons (Fsp3) is 0.459. The monoisotopic (exact) mass is 744 g/mol. The van der Waals surface area contributed by atoms with Gasteiger partial charge < -0.3 is 40.3 Å². The van der Waals surface area contributed by atoms with E-state index >= 15 is 0 Å². The minimum Gasteiger partial charge on any atom is -0.493 e. The van der Waals surface area contributed by atoms with E-state index in [9.17, 15) is 33.9 Å². The molecule has 6 rings (SSSR count). The molecule has 17 heteroatoms. The molecule has 3 aliphatic heterocycles. The average Bonchev–Trinajstić information content (AvgIpc) is 3.99. The van der Waals surface area contributed by atoms with Gasteiger partial charge in [-0.25, -0.2) is 4.68 Å². The van der Waals surface area contributed by atoms with Gasteiger partial charge in [-0.1, -0.05) is 29.5 Å². The Kier molecular flexibility index (Phi) is 11.3. The molecule has 3 atom stereocenters. The number of carbonyl (C=O) groups excluding carboxylic acids is 6. The number of nitrogens with one attached hydrogen (secondary N) is 3. The molecular formula is C37H44N8O9. The van der Waals surface area contributed by atoms with Crippen LogP contribution < -0.4 is 25.4 Å². The highest BCUT2D eigenvalue weighted by atomic mass is 16.5. The maximum atomic E-state index is 13.4. The summed E-state index contributed by atoms with van der Waals surface area (Å²) in [4.78, 5) is 82.0. The number of aliphatic hydroxyl groups excluding tert-OH is 1. The summed E-state index contributed by atoms with van der Waals surface area (Å²) in [7, 11) is 3.00. The molecule has 5 amide bonds. The highest BCUT2D eigenvalue weighted by Crippen LogP contribution is 2.32. The minimum atomic E-state index is -1.40. The van der Waals surface area contributed by atoms with Crippen LogP contribution in [-0.2, 0) is 61.6 Å². The normalized spacial score (nSPS) is 20.3. The number of amides is 5. The maximum absolute atomic E-state index is 13.4. The van der Waals surface area contributed by atoms with Crippen molar-refractivity contribution in [2.24, 2.45) is 5.92 Å². The van der Waals surface area contributed by atoms with E-state index in [1.54, 1.807) is 40.9 Å². The summed E-state index contributed by atoms with van der Waals surface area (Å²) in [6.45, 7) is 2.36. The molecule has 4 heterocycles. The zero-order valence-electron chi connectivity index (χ0n) is 30.4. The lowest BCUT2D eigenvalue weighted by molar-refractivity contribution is -0.149. The summed E-state index contributed by atoms with van der Waals surface area (Å²) in [6, 6.07) is 9.98. The van der Waals surface area contributed by atoms with Gasteiger partial charge in [0, 0.05) is 38.5 Å². The molecule has 2 aromatic carbocycles. The van der Waals surface area contributed by atoms with Gasteiger partial charge in [-0.2, -0.15) is 0 Å². The summed E-state index contributed by atoms with van der Waals surface area (Å²) >= 11 is 0. The Hall–Kier alpha value is -5.84. The van der Waals surface area contributed by atoms with Crippen molar-refractivity contribution in [3.05, 3.63) is 70.5 Å². The van der Waals surface area contributed by atoms with Crippen molar-refractivity contribution in [1.82, 2.24) is 40.7 Å². The molecule has 1 unspecified atom stereocenters. The van der Waals surface area contributed by atoms with Gasteiger partial charge in [0.25, 0.3) is 5.91 Å². The highest BCUT2D eigenvalue weighted by molar-refractivity contribution is 6.39. The number of carbonyl (C=O) groups is 6. The minimum absolute atomic E-state index is 0.0512. The van der Waals surface area contributed by atoms with Crippen LogP contribution in [0.5, 0.6) is 11.5 Å². The Bertz CT molecular complexity index is 1960. The van der Waals surface area contributed by atoms with Crippen molar-refractivity contribution in [2.75, 3.05) is 27.3 Å². The van der Waals surface area contributed by atoms with E-state index in [1.165, 1.54) is 19.1 Å². The van der Waals surface area contributed by atoms with Gasteiger partial charge in [0.05, 0.1) is 40.1 Å². The number of rotatable bonds is 14. The lowest BCUT2D eigenvalue weighted by atomic mass is 9.92. The van der Waals surface area contributed by atoms with Gasteiger partial charge in [0.2, 0.25) is 29.4 Å². The predicted octanol–water partition coefficient (Wildman–Crippen LogP) is -0.0443. The molecular weight excluding hydrogens is 700 g/mol. The van der Waals surface area contributed by atoms with Gasteiger partial charge in [0.1, 0.15) is 17.3 Å². The molecule has 3 aliphatic rings. The van der Waals surface area contributed by atoms with Crippen molar-refractivity contribution in [3.63, 3.8) is 0 Å². The fourth-order valence-electron chi connectivity index (χ4n) is 7.39. The van der Waals surface area contributed by atoms with Crippen LogP contribution in [0.4, 0.5) is 0 Å². The zero-order valence-corrected chi connectivity index (χ0v) is 30.4. The second-order valence-corrected chi connectivity index (χ2v) is 13.9. The first-order valence-corrected chi connectivity index (χ1v) is 17.7. The molecule has 2 fully saturated rings. The molecule has 3 aromatic rings. The molecule has 0 aliphatic carbocycles. The van der Waals surface area contributed by atoms with Crippen LogP contribution >= 0.6 is 0 Å². The Morgan fingerprint density at radius 3 is 2.57 bits per heavy atom. The standard InChI is InChI=1S/C37H44N8O9/c1-37(33(49)36(52)38-15-22-8-9-29(53-2)30(12-22)54-3)10-5-11-45(37)32(48)16-39-35(51)28-13-25(34(50)40-28)14-31(47)43-17-23-6-4-7-24(27(23)20-43)18-44-19-26(21-46)41-42-44/h4,6-9,12,19,25,28,46H,5,10-11,13-18,20-21H2,1-3H3,(H,38,52)(H,39,51)(H,40,50)/t25-,28?,37-/m0/s1. The third kappa shape index (κ3) is 7.90. The quantitative estimate of drug-likeness (QED) is 0.161. The van der Waals surface area contributed by atoms with Gasteiger partial charge in [-0.3, -0.25) is 28.8 Å². The molecule has 54 heavy (non-hydrogen) atoms. The lowest BCUT2D eigenvalue weighted by Crippen LogP contribution is -2.57. The number of aromatic nitrogens is 3. The Morgan fingerprint density at radius 2 is 1.83 bits per heavy atom. The smallest absolute Gasteiger partial charge is 0.290 e. The zero-order chi connectivity index (χ0) is 38.6. The van der Waals surface area contributed by atoms with E-state index < -0.39 is 53.5 Å². The molecule has 0 saturated carbocycles. The first-order valence-electron chi connectivity index (χ1n) is 17.7. The number of hydrogen-bond acceptors (Lipinski definition) is 11. The molecule has 2 saturated heterocycles. The summed E-state index contributed by atoms with van der Waals surface area (Å²) < 4.78 is 12.2. The van der Waals surface area contributed by atoms with Gasteiger partial charge >= 0.3 is 0 Å². The summed E-state index contributed by atoms with van der Waals surface area (Å²) in [5, 5.41) is 25.1. The summed E-state index contributed by atoms with van der Waals surface area (Å²) in [5.41, 5.74) is 2.70. The molecule has 17 nitrogen and oxygen atoms in total. The first kappa shape index (κ1) is 37.9. The maximum Gasteiger partial charge on any atom is 0.290 e. The Morgan fingerprint density at radius 1 is 1.04 bits per heavy atom. The summed E-state index contributed by atoms with van der Waals surface area (Å²) in [6.07, 6.45) is 2.43. The number of aliphatic hydroxyl groups is 1. The Labute approximate surface area is 311 Å². The second-order valence-electron chi connectivity index (χ2n) is 13.9. The first-order chi connectivity index (χ1) is 25.9. The molecule has 286 valence electrons. The third-order valence-electron chi connectivity index (χ3n) is 10.4. The number of likely N-dealkylation sites (tertiary alicyclic amines) is 1. The number of ether oxygens (including phenoxy) is 2. The number of nitrogens with zero attached hydrogens (tertiary/aromatic N) is 5. The van der Waals surface area contributed by atoms with E-state index in [1.807, 2.05) is 18.2 Å². The van der Waals surface area contributed by atoms with E-state index in [0.29, 0.717) is 48.8 Å². The van der Waals surface area contributed by atoms with Crippen LogP contribution in [0.3, 0.4) is 0 Å². The number of benzene rings is 2. The van der Waals surface area contributed by atoms with Crippen LogP contribution in [-0.4, -0.2) is 104 Å². The molecule has 0 radical (unpaired) electrons. The molecule has 4 N–H and O–H groups in total. The topological polar surface area (TPSA) is 214 Å². The van der Waals surface area contributed by atoms with Gasteiger partial charge in [0.15, 0.2) is 11.5 Å². The van der Waals surface area contributed by atoms with Crippen LogP contribution in [0, 0.1) is 5.92 Å². The van der Waals surface area contributed by atoms with Crippen LogP contribution in [0.1, 0.15) is 60.6 Å². The Balaban J connectivity index is 0.976. The van der Waals surface area contributed by atoms with E-state index in [2.05, 4.69) is 26.3 Å². The van der Waals surface area contributed by atoms with Crippen LogP contribution in [0.15, 0.2) is 42.6 Å². The van der Waals surface area contributed by atoms with Gasteiger partial charge in [-0.05, 0) is 60.6 Å². The molecule has 0 bridgehead atoms. The highest BCUT2D eigenvalue weighted by Gasteiger charge is 2.48. The van der Waals surface area contributed by atoms with Crippen LogP contribution in [0.2, 0.25) is 0 Å². The molecule has 1 aromatic heterocycles. The number of methoxy groups -OCH3 is 2. The van der Waals surface area contributed by atoms with Crippen molar-refractivity contribution < 1.29 is 43.3 Å². The van der Waals surface area contributed by atoms with E-state index in [-0.39, 0.29) is 44.9 Å². The van der Waals surface area contributed by atoms with E-state index in [4.69, 9.17) is 9.47 Å². The van der Waals surface area contributed by atoms with Crippen LogP contribution in [0.25, 0.3) is 0 Å². The number of Topliss-reactive ketones (excluding diaryl/α,β-unsaturated/α-hetero) is 1. The number of hydrogen-bond donors (Lipinski definition) is 4. The van der Waals surface area contributed by atoms with Crippen molar-refractivity contribution in [3.8, 4) is 11.5 Å². The molecule has 0 spiro atoms. The average molecular weight is 745 g/mol. The van der Waals surface area contributed by atoms with Crippen molar-refractivity contribution in [1.29, 1.82) is 0 Å². The van der Waals surface area contributed by atoms with Crippen molar-refractivity contribution >= 4 is 35.3 Å². The fourth-order valence-corrected chi connectivity index (χ4v) is 7.39. The van der Waals surface area contributed by atoms with Gasteiger partial charge in [-0.15, -0.1) is 5.10 Å². The summed E-state index contributed by atoms with van der Waals surface area (Å²) in [5.74, 6) is -3.09.